The van der Waals surface area contributed by atoms with E-state index in [0.717, 1.165) is 43.6 Å². The van der Waals surface area contributed by atoms with Crippen molar-refractivity contribution in [3.05, 3.63) is 69.7 Å². The first-order valence-corrected chi connectivity index (χ1v) is 13.2. The van der Waals surface area contributed by atoms with Crippen LogP contribution in [0.2, 0.25) is 5.02 Å². The summed E-state index contributed by atoms with van der Waals surface area (Å²) in [5.41, 5.74) is 6.98. The first-order valence-electron chi connectivity index (χ1n) is 12.9. The first-order chi connectivity index (χ1) is 18.1. The van der Waals surface area contributed by atoms with Crippen LogP contribution < -0.4 is 24.8 Å². The van der Waals surface area contributed by atoms with Gasteiger partial charge in [-0.1, -0.05) is 41.9 Å². The number of halogens is 1. The summed E-state index contributed by atoms with van der Waals surface area (Å²) in [4.78, 5) is 16.0. The van der Waals surface area contributed by atoms with Gasteiger partial charge in [-0.15, -0.1) is 0 Å². The number of carbonyl (C=O) groups excluding carboxylic acids is 1. The summed E-state index contributed by atoms with van der Waals surface area (Å²) >= 11 is 6.63. The maximum Gasteiger partial charge on any atom is 0.236 e. The van der Waals surface area contributed by atoms with Crippen LogP contribution in [0.4, 0.5) is 0 Å². The third-order valence-corrected chi connectivity index (χ3v) is 7.72. The molecule has 1 amide bonds. The lowest BCUT2D eigenvalue weighted by Gasteiger charge is -2.18. The van der Waals surface area contributed by atoms with Gasteiger partial charge in [0, 0.05) is 37.5 Å². The molecule has 1 aliphatic carbocycles. The highest BCUT2D eigenvalue weighted by molar-refractivity contribution is 6.31. The molecule has 192 valence electrons. The van der Waals surface area contributed by atoms with Crippen molar-refractivity contribution in [1.82, 2.24) is 15.6 Å². The largest absolute Gasteiger partial charge is 0.493 e. The van der Waals surface area contributed by atoms with E-state index in [1.54, 1.807) is 7.11 Å². The van der Waals surface area contributed by atoms with E-state index in [2.05, 4.69) is 52.0 Å². The average molecular weight is 520 g/mol. The number of aromatic nitrogens is 1. The highest BCUT2D eigenvalue weighted by atomic mass is 35.5. The van der Waals surface area contributed by atoms with Crippen molar-refractivity contribution in [1.29, 1.82) is 0 Å². The Labute approximate surface area is 221 Å². The van der Waals surface area contributed by atoms with Gasteiger partial charge in [0.1, 0.15) is 16.9 Å². The van der Waals surface area contributed by atoms with Crippen LogP contribution in [-0.4, -0.2) is 37.2 Å². The monoisotopic (exact) mass is 519 g/mol. The predicted octanol–water partition coefficient (Wildman–Crippen LogP) is 4.78. The minimum atomic E-state index is -0.134. The molecule has 6 rings (SSSR count). The zero-order valence-electron chi connectivity index (χ0n) is 20.8. The Hall–Kier alpha value is -3.29. The molecule has 0 saturated carbocycles. The van der Waals surface area contributed by atoms with Gasteiger partial charge in [0.05, 0.1) is 13.7 Å². The number of fused-ring (bicyclic) bond motifs is 2. The van der Waals surface area contributed by atoms with Crippen molar-refractivity contribution in [2.24, 2.45) is 0 Å². The molecule has 0 bridgehead atoms. The molecule has 1 fully saturated rings. The Morgan fingerprint density at radius 2 is 2.05 bits per heavy atom. The maximum absolute atomic E-state index is 11.4. The van der Waals surface area contributed by atoms with E-state index in [9.17, 15) is 4.79 Å². The van der Waals surface area contributed by atoms with Crippen LogP contribution in [0.5, 0.6) is 17.5 Å². The number of hydrogen-bond donors (Lipinski definition) is 2. The minimum Gasteiger partial charge on any atom is -0.493 e. The van der Waals surface area contributed by atoms with Gasteiger partial charge < -0.3 is 24.8 Å². The second-order valence-corrected chi connectivity index (χ2v) is 10.2. The Morgan fingerprint density at radius 3 is 2.89 bits per heavy atom. The molecule has 2 N–H and O–H groups in total. The van der Waals surface area contributed by atoms with Gasteiger partial charge in [-0.3, -0.25) is 4.79 Å². The summed E-state index contributed by atoms with van der Waals surface area (Å²) in [7, 11) is 1.60. The van der Waals surface area contributed by atoms with E-state index in [4.69, 9.17) is 25.8 Å². The number of pyridine rings is 1. The zero-order chi connectivity index (χ0) is 25.4. The highest BCUT2D eigenvalue weighted by Gasteiger charge is 2.28. The number of methoxy groups -OCH3 is 1. The maximum atomic E-state index is 11.4. The van der Waals surface area contributed by atoms with Gasteiger partial charge in [-0.25, -0.2) is 0 Å². The van der Waals surface area contributed by atoms with Crippen molar-refractivity contribution in [2.75, 3.05) is 20.3 Å². The molecule has 37 heavy (non-hydrogen) atoms. The number of rotatable bonds is 8. The quantitative estimate of drug-likeness (QED) is 0.446. The van der Waals surface area contributed by atoms with Crippen LogP contribution in [0, 0.1) is 0 Å². The Morgan fingerprint density at radius 1 is 1.14 bits per heavy atom. The molecular formula is C29H30ClN3O4. The van der Waals surface area contributed by atoms with Crippen molar-refractivity contribution in [3.8, 4) is 28.6 Å². The van der Waals surface area contributed by atoms with Gasteiger partial charge in [0.2, 0.25) is 17.7 Å². The molecule has 0 spiro atoms. The average Bonchev–Trinajstić information content (AvgIpc) is 3.65. The van der Waals surface area contributed by atoms with Crippen molar-refractivity contribution < 1.29 is 19.0 Å². The number of amides is 1. The van der Waals surface area contributed by atoms with Crippen LogP contribution in [0.3, 0.4) is 0 Å². The van der Waals surface area contributed by atoms with Crippen LogP contribution >= 0.6 is 11.6 Å². The predicted molar refractivity (Wildman–Crippen MR) is 141 cm³/mol. The lowest BCUT2D eigenvalue weighted by Crippen LogP contribution is -2.35. The number of nitrogens with zero attached hydrogens (tertiary/aromatic N) is 1. The molecule has 3 aliphatic rings. The van der Waals surface area contributed by atoms with E-state index < -0.39 is 0 Å². The molecule has 2 aliphatic heterocycles. The molecule has 1 saturated heterocycles. The summed E-state index contributed by atoms with van der Waals surface area (Å²) in [5, 5.41) is 6.78. The van der Waals surface area contributed by atoms with Crippen molar-refractivity contribution in [3.63, 3.8) is 0 Å². The molecule has 3 aromatic rings. The molecule has 2 atom stereocenters. The lowest BCUT2D eigenvalue weighted by atomic mass is 9.95. The summed E-state index contributed by atoms with van der Waals surface area (Å²) in [6, 6.07) is 14.9. The van der Waals surface area contributed by atoms with Gasteiger partial charge in [-0.2, -0.15) is 4.98 Å². The third-order valence-electron chi connectivity index (χ3n) is 7.44. The normalized spacial score (nSPS) is 19.8. The number of hydrogen-bond acceptors (Lipinski definition) is 6. The summed E-state index contributed by atoms with van der Waals surface area (Å²) < 4.78 is 17.7. The van der Waals surface area contributed by atoms with Gasteiger partial charge in [-0.05, 0) is 59.2 Å². The number of benzene rings is 2. The summed E-state index contributed by atoms with van der Waals surface area (Å²) in [6.45, 7) is 1.97. The van der Waals surface area contributed by atoms with E-state index in [0.29, 0.717) is 36.3 Å². The zero-order valence-corrected chi connectivity index (χ0v) is 21.6. The van der Waals surface area contributed by atoms with E-state index in [1.165, 1.54) is 27.8 Å². The fraction of sp³-hybridized carbons (Fsp3) is 0.379. The van der Waals surface area contributed by atoms with E-state index >= 15 is 0 Å². The molecule has 2 aromatic carbocycles. The summed E-state index contributed by atoms with van der Waals surface area (Å²) in [6.07, 6.45) is 4.05. The Bertz CT molecular complexity index is 1340. The number of nitrogens with one attached hydrogen (secondary N) is 2. The lowest BCUT2D eigenvalue weighted by molar-refractivity contribution is -0.119. The standard InChI is InChI=1S/C29H30ClN3O4/c1-35-28-19(15-31-16-20-7-10-27(34)32-20)13-24(30)29(33-28)37-25-9-8-22-21(3-2-4-23(22)25)18-6-5-17-11-12-36-26(17)14-18/h2-6,13-14,20,25,31H,7-12,15-16H2,1H3,(H,32,34)/t20?,25-/m0/s1. The van der Waals surface area contributed by atoms with Gasteiger partial charge in [0.15, 0.2) is 0 Å². The number of ether oxygens (including phenoxy) is 3. The second kappa shape index (κ2) is 10.2. The molecule has 1 unspecified atom stereocenters. The second-order valence-electron chi connectivity index (χ2n) is 9.82. The molecule has 7 nitrogen and oxygen atoms in total. The number of carbonyl (C=O) groups is 1. The Balaban J connectivity index is 1.18. The van der Waals surface area contributed by atoms with Crippen molar-refractivity contribution >= 4 is 17.5 Å². The van der Waals surface area contributed by atoms with Crippen LogP contribution in [0.25, 0.3) is 11.1 Å². The topological polar surface area (TPSA) is 81.7 Å². The fourth-order valence-electron chi connectivity index (χ4n) is 5.57. The van der Waals surface area contributed by atoms with E-state index in [-0.39, 0.29) is 18.1 Å². The van der Waals surface area contributed by atoms with Crippen LogP contribution in [0.1, 0.15) is 47.6 Å². The SMILES string of the molecule is COc1nc(O[C@H]2CCc3c(-c4ccc5c(c4)OCC5)cccc32)c(Cl)cc1CNCC1CCC(=O)N1. The van der Waals surface area contributed by atoms with Crippen molar-refractivity contribution in [2.45, 2.75) is 50.8 Å². The van der Waals surface area contributed by atoms with E-state index in [1.807, 2.05) is 6.07 Å². The van der Waals surface area contributed by atoms with Crippen LogP contribution in [-0.2, 0) is 24.2 Å². The molecule has 0 radical (unpaired) electrons. The highest BCUT2D eigenvalue weighted by Crippen LogP contribution is 2.42. The van der Waals surface area contributed by atoms with Crippen LogP contribution in [0.15, 0.2) is 42.5 Å². The molecule has 1 aromatic heterocycles. The first kappa shape index (κ1) is 24.1. The summed E-state index contributed by atoms with van der Waals surface area (Å²) in [5.74, 6) is 1.95. The minimum absolute atomic E-state index is 0.109. The molecule has 3 heterocycles. The fourth-order valence-corrected chi connectivity index (χ4v) is 5.79. The molecule has 8 heteroatoms. The third kappa shape index (κ3) is 4.86. The van der Waals surface area contributed by atoms with Gasteiger partial charge >= 0.3 is 0 Å². The Kier molecular flexibility index (Phi) is 6.65. The smallest absolute Gasteiger partial charge is 0.236 e. The molecular weight excluding hydrogens is 490 g/mol. The van der Waals surface area contributed by atoms with Gasteiger partial charge in [0.25, 0.3) is 0 Å².